The number of aromatic hydroxyl groups is 1. The Bertz CT molecular complexity index is 2250. The molecular formula is C22H16ClCuN8O11S3. The minimum atomic E-state index is -4.98. The third-order valence-electron chi connectivity index (χ3n) is 5.27. The monoisotopic (exact) mass is 762 g/mol. The number of hydrogen-bond donors (Lipinski definition) is 6. The van der Waals surface area contributed by atoms with Gasteiger partial charge in [-0.05, 0) is 35.9 Å². The fourth-order valence-electron chi connectivity index (χ4n) is 3.33. The average Bonchev–Trinajstić information content (AvgIpc) is 2.93. The van der Waals surface area contributed by atoms with Crippen molar-refractivity contribution in [3.63, 3.8) is 0 Å². The number of phenolic OH excluding ortho intramolecular Hbond substituents is 1. The summed E-state index contributed by atoms with van der Waals surface area (Å²) in [4.78, 5) is 18.3. The fraction of sp³-hybridized carbons (Fsp3) is 0. The molecule has 0 unspecified atom stereocenters. The Morgan fingerprint density at radius 3 is 2.11 bits per heavy atom. The summed E-state index contributed by atoms with van der Waals surface area (Å²) in [6, 6.07) is 10.9. The van der Waals surface area contributed by atoms with E-state index in [1.54, 1.807) is 6.07 Å². The van der Waals surface area contributed by atoms with Gasteiger partial charge in [-0.3, -0.25) is 18.6 Å². The van der Waals surface area contributed by atoms with Crippen LogP contribution >= 0.6 is 11.6 Å². The first kappa shape index (κ1) is 36.2. The molecule has 0 amide bonds. The van der Waals surface area contributed by atoms with Crippen LogP contribution in [0.2, 0.25) is 5.28 Å². The molecule has 4 rings (SSSR count). The van der Waals surface area contributed by atoms with Crippen LogP contribution in [0.1, 0.15) is 5.56 Å². The van der Waals surface area contributed by atoms with E-state index < -0.39 is 90.6 Å². The molecule has 4 aromatic rings. The summed E-state index contributed by atoms with van der Waals surface area (Å²) < 4.78 is 99.3. The summed E-state index contributed by atoms with van der Waals surface area (Å²) in [5.74, 6) is -1.73. The summed E-state index contributed by atoms with van der Waals surface area (Å²) in [6.07, 6.45) is 0. The molecule has 3 aromatic carbocycles. The number of nitrogens with zero attached hydrogens (tertiary/aromatic N) is 6. The summed E-state index contributed by atoms with van der Waals surface area (Å²) in [5, 5.41) is 24.1. The van der Waals surface area contributed by atoms with Crippen LogP contribution < -0.4 is 11.0 Å². The first-order chi connectivity index (χ1) is 20.9. The first-order valence-corrected chi connectivity index (χ1v) is 16.2. The van der Waals surface area contributed by atoms with Crippen molar-refractivity contribution in [2.24, 2.45) is 15.3 Å². The molecule has 1 heterocycles. The Morgan fingerprint density at radius 2 is 1.52 bits per heavy atom. The molecule has 24 heteroatoms. The Kier molecular flexibility index (Phi) is 11.0. The smallest absolute Gasteiger partial charge is 0.573 e. The van der Waals surface area contributed by atoms with Gasteiger partial charge in [-0.25, -0.2) is 4.79 Å². The van der Waals surface area contributed by atoms with Gasteiger partial charge >= 0.3 is 22.8 Å². The van der Waals surface area contributed by atoms with Gasteiger partial charge in [0.25, 0.3) is 30.4 Å². The van der Waals surface area contributed by atoms with Crippen molar-refractivity contribution in [2.45, 2.75) is 14.7 Å². The van der Waals surface area contributed by atoms with E-state index >= 15 is 0 Å². The third-order valence-corrected chi connectivity index (χ3v) is 8.03. The third kappa shape index (κ3) is 9.12. The molecule has 0 radical (unpaired) electrons. The minimum absolute atomic E-state index is 0. The molecule has 0 fully saturated rings. The SMILES string of the molecule is O=c1nc(Nc2cc(S(=O)(=O)O)cc(N=NC(=N[N-]c3cc(S(=O)(=O)O)ccc3S(=O)(=O)O)c3ccccc3)c2O)nc(Cl)[nH]1.[Cu+]. The number of H-pyrrole nitrogens is 1. The first-order valence-electron chi connectivity index (χ1n) is 11.5. The second-order valence-electron chi connectivity index (χ2n) is 8.38. The largest absolute Gasteiger partial charge is 1.00 e. The molecule has 0 atom stereocenters. The molecule has 1 aromatic heterocycles. The number of halogens is 1. The Labute approximate surface area is 274 Å². The van der Waals surface area contributed by atoms with Crippen molar-refractivity contribution in [1.29, 1.82) is 0 Å². The van der Waals surface area contributed by atoms with E-state index in [9.17, 15) is 48.8 Å². The summed E-state index contributed by atoms with van der Waals surface area (Å²) in [6.45, 7) is 0. The van der Waals surface area contributed by atoms with Gasteiger partial charge in [0.2, 0.25) is 11.2 Å². The van der Waals surface area contributed by atoms with Gasteiger partial charge in [-0.1, -0.05) is 42.1 Å². The summed E-state index contributed by atoms with van der Waals surface area (Å²) in [7, 11) is -14.8. The van der Waals surface area contributed by atoms with Crippen molar-refractivity contribution in [3.05, 3.63) is 87.4 Å². The van der Waals surface area contributed by atoms with E-state index in [1.807, 2.05) is 0 Å². The standard InChI is InChI=1S/C22H17ClN8O11S3.Cu/c23-20-25-21(27-22(33)26-20)24-15-9-13(44(37,38)39)10-16(18(15)32)29-31-19(11-4-2-1-3-5-11)30-28-14-8-12(43(34,35)36)6-7-17(14)45(40,41)42;/h1-10H,(H7,24,25,26,27,28,29,30,31,32,33,34,35,36,37,38,39,40,41,42);/q;+1/p-1. The Hall–Kier alpha value is -4.32. The van der Waals surface area contributed by atoms with Crippen LogP contribution in [0.15, 0.2) is 95.5 Å². The topological polar surface area (TPSA) is 305 Å². The Balaban J connectivity index is 0.00000576. The summed E-state index contributed by atoms with van der Waals surface area (Å²) >= 11 is 5.68. The zero-order chi connectivity index (χ0) is 33.2. The maximum atomic E-state index is 11.9. The number of benzene rings is 3. The number of aromatic nitrogens is 3. The van der Waals surface area contributed by atoms with Gasteiger partial charge in [0.1, 0.15) is 5.69 Å². The zero-order valence-electron chi connectivity index (χ0n) is 22.0. The number of phenols is 1. The predicted octanol–water partition coefficient (Wildman–Crippen LogP) is 3.16. The van der Waals surface area contributed by atoms with Crippen LogP contribution in [0.25, 0.3) is 5.43 Å². The molecule has 46 heavy (non-hydrogen) atoms. The van der Waals surface area contributed by atoms with Gasteiger partial charge in [-0.15, -0.1) is 10.2 Å². The van der Waals surface area contributed by atoms with E-state index in [1.165, 1.54) is 24.3 Å². The van der Waals surface area contributed by atoms with Crippen molar-refractivity contribution in [1.82, 2.24) is 15.0 Å². The molecule has 0 saturated heterocycles. The summed E-state index contributed by atoms with van der Waals surface area (Å²) in [5.41, 5.74) is 1.02. The second-order valence-corrected chi connectivity index (χ2v) is 13.0. The fourth-order valence-corrected chi connectivity index (χ4v) is 5.12. The average molecular weight is 764 g/mol. The van der Waals surface area contributed by atoms with Crippen molar-refractivity contribution in [2.75, 3.05) is 5.32 Å². The van der Waals surface area contributed by atoms with Crippen molar-refractivity contribution in [3.8, 4) is 5.75 Å². The number of amidine groups is 1. The number of rotatable bonds is 9. The van der Waals surface area contributed by atoms with Gasteiger partial charge in [0.05, 0.1) is 20.4 Å². The number of aromatic amines is 1. The molecule has 0 saturated carbocycles. The maximum absolute atomic E-state index is 11.9. The van der Waals surface area contributed by atoms with Crippen LogP contribution in [-0.4, -0.2) is 64.8 Å². The van der Waals surface area contributed by atoms with E-state index in [0.717, 1.165) is 6.07 Å². The molecule has 19 nitrogen and oxygen atoms in total. The van der Waals surface area contributed by atoms with Crippen molar-refractivity contribution >= 4 is 70.8 Å². The zero-order valence-corrected chi connectivity index (χ0v) is 26.2. The molecule has 0 aliphatic rings. The minimum Gasteiger partial charge on any atom is -0.573 e. The maximum Gasteiger partial charge on any atom is 1.00 e. The van der Waals surface area contributed by atoms with Crippen LogP contribution in [-0.2, 0) is 47.4 Å². The molecule has 0 aliphatic heterocycles. The Morgan fingerprint density at radius 1 is 0.870 bits per heavy atom. The van der Waals surface area contributed by atoms with Crippen LogP contribution in [0.4, 0.5) is 23.0 Å². The number of nitrogens with one attached hydrogen (secondary N) is 2. The van der Waals surface area contributed by atoms with Gasteiger partial charge in [-0.2, -0.15) is 35.2 Å². The predicted molar refractivity (Wildman–Crippen MR) is 155 cm³/mol. The number of azo groups is 1. The number of hydrogen-bond acceptors (Lipinski definition) is 13. The van der Waals surface area contributed by atoms with Gasteiger partial charge in [0.15, 0.2) is 11.6 Å². The van der Waals surface area contributed by atoms with E-state index in [0.29, 0.717) is 24.3 Å². The van der Waals surface area contributed by atoms with Crippen LogP contribution in [0.3, 0.4) is 0 Å². The van der Waals surface area contributed by atoms with E-state index in [4.69, 9.17) is 11.6 Å². The second kappa shape index (κ2) is 14.0. The molecule has 246 valence electrons. The van der Waals surface area contributed by atoms with Crippen LogP contribution in [0.5, 0.6) is 5.75 Å². The molecule has 0 spiro atoms. The molecular weight excluding hydrogens is 747 g/mol. The molecule has 6 N–H and O–H groups in total. The van der Waals surface area contributed by atoms with Gasteiger partial charge in [0, 0.05) is 5.56 Å². The van der Waals surface area contributed by atoms with E-state index in [2.05, 4.69) is 41.0 Å². The normalized spacial score (nSPS) is 12.5. The van der Waals surface area contributed by atoms with Crippen LogP contribution in [0, 0.1) is 0 Å². The van der Waals surface area contributed by atoms with Gasteiger partial charge < -0.3 is 21.0 Å². The number of anilines is 2. The molecule has 0 aliphatic carbocycles. The quantitative estimate of drug-likeness (QED) is 0.0271. The molecule has 0 bridgehead atoms. The van der Waals surface area contributed by atoms with Crippen molar-refractivity contribution < 1.29 is 61.1 Å². The van der Waals surface area contributed by atoms with E-state index in [-0.39, 0.29) is 22.6 Å².